The highest BCUT2D eigenvalue weighted by Crippen LogP contribution is 2.25. The molecule has 0 aliphatic carbocycles. The lowest BCUT2D eigenvalue weighted by molar-refractivity contribution is -0.149. The second-order valence-corrected chi connectivity index (χ2v) is 5.39. The molecule has 0 aliphatic rings. The van der Waals surface area contributed by atoms with Crippen LogP contribution < -0.4 is 5.32 Å². The van der Waals surface area contributed by atoms with Crippen LogP contribution in [0.4, 0.5) is 0 Å². The van der Waals surface area contributed by atoms with Crippen LogP contribution in [0.5, 0.6) is 0 Å². The van der Waals surface area contributed by atoms with Crippen LogP contribution in [-0.2, 0) is 11.3 Å². The van der Waals surface area contributed by atoms with Crippen molar-refractivity contribution in [3.05, 3.63) is 34.9 Å². The van der Waals surface area contributed by atoms with Crippen molar-refractivity contribution in [2.45, 2.75) is 47.1 Å². The summed E-state index contributed by atoms with van der Waals surface area (Å²) < 4.78 is 0. The molecule has 0 saturated carbocycles. The molecule has 0 fully saturated rings. The van der Waals surface area contributed by atoms with Crippen molar-refractivity contribution in [3.63, 3.8) is 0 Å². The van der Waals surface area contributed by atoms with Gasteiger partial charge in [0.05, 0.1) is 5.41 Å². The van der Waals surface area contributed by atoms with Crippen LogP contribution in [0.15, 0.2) is 18.2 Å². The minimum Gasteiger partial charge on any atom is -0.481 e. The van der Waals surface area contributed by atoms with E-state index in [9.17, 15) is 9.90 Å². The third-order valence-corrected chi connectivity index (χ3v) is 3.88. The van der Waals surface area contributed by atoms with Crippen molar-refractivity contribution >= 4 is 5.97 Å². The van der Waals surface area contributed by atoms with Crippen molar-refractivity contribution in [2.75, 3.05) is 6.54 Å². The number of rotatable bonds is 7. The van der Waals surface area contributed by atoms with E-state index in [1.165, 1.54) is 16.7 Å². The van der Waals surface area contributed by atoms with Gasteiger partial charge in [-0.05, 0) is 32.3 Å². The molecule has 2 N–H and O–H groups in total. The average Bonchev–Trinajstić information content (AvgIpc) is 2.33. The molecule has 1 aromatic rings. The summed E-state index contributed by atoms with van der Waals surface area (Å²) in [6, 6.07) is 6.42. The van der Waals surface area contributed by atoms with E-state index < -0.39 is 11.4 Å². The fourth-order valence-electron chi connectivity index (χ4n) is 2.50. The number of hydrogen-bond donors (Lipinski definition) is 2. The molecule has 0 unspecified atom stereocenters. The normalized spacial score (nSPS) is 11.6. The van der Waals surface area contributed by atoms with Gasteiger partial charge in [0, 0.05) is 13.1 Å². The maximum absolute atomic E-state index is 11.4. The minimum atomic E-state index is -0.703. The summed E-state index contributed by atoms with van der Waals surface area (Å²) in [5, 5.41) is 12.7. The van der Waals surface area contributed by atoms with Gasteiger partial charge in [0.25, 0.3) is 0 Å². The van der Waals surface area contributed by atoms with Crippen molar-refractivity contribution in [3.8, 4) is 0 Å². The van der Waals surface area contributed by atoms with Gasteiger partial charge >= 0.3 is 5.97 Å². The van der Waals surface area contributed by atoms with Crippen LogP contribution in [0.2, 0.25) is 0 Å². The molecule has 0 heterocycles. The fourth-order valence-corrected chi connectivity index (χ4v) is 2.50. The van der Waals surface area contributed by atoms with E-state index in [4.69, 9.17) is 0 Å². The first kappa shape index (κ1) is 15.7. The molecule has 3 nitrogen and oxygen atoms in total. The molecule has 1 rings (SSSR count). The number of carbonyl (C=O) groups is 1. The lowest BCUT2D eigenvalue weighted by Gasteiger charge is -2.27. The van der Waals surface area contributed by atoms with Gasteiger partial charge in [-0.25, -0.2) is 0 Å². The molecule has 0 amide bonds. The van der Waals surface area contributed by atoms with Gasteiger partial charge in [-0.1, -0.05) is 43.2 Å². The number of benzene rings is 1. The van der Waals surface area contributed by atoms with Crippen molar-refractivity contribution in [1.29, 1.82) is 0 Å². The van der Waals surface area contributed by atoms with E-state index in [1.807, 2.05) is 13.8 Å². The maximum atomic E-state index is 11.4. The molecule has 0 radical (unpaired) electrons. The standard InChI is InChI=1S/C16H25NO2/c1-5-16(6-2,15(18)19)11-17-10-14-8-12(3)7-13(4)9-14/h7-9,17H,5-6,10-11H2,1-4H3,(H,18,19). The number of nitrogens with one attached hydrogen (secondary N) is 1. The lowest BCUT2D eigenvalue weighted by Crippen LogP contribution is -2.40. The van der Waals surface area contributed by atoms with E-state index in [1.54, 1.807) is 0 Å². The molecule has 1 aromatic carbocycles. The lowest BCUT2D eigenvalue weighted by atomic mass is 9.82. The highest BCUT2D eigenvalue weighted by molar-refractivity contribution is 5.74. The first-order chi connectivity index (χ1) is 8.93. The number of hydrogen-bond acceptors (Lipinski definition) is 2. The topological polar surface area (TPSA) is 49.3 Å². The van der Waals surface area contributed by atoms with E-state index in [-0.39, 0.29) is 0 Å². The van der Waals surface area contributed by atoms with Gasteiger partial charge in [0.15, 0.2) is 0 Å². The van der Waals surface area contributed by atoms with Crippen LogP contribution in [0.1, 0.15) is 43.4 Å². The monoisotopic (exact) mass is 263 g/mol. The van der Waals surface area contributed by atoms with Crippen molar-refractivity contribution in [1.82, 2.24) is 5.32 Å². The van der Waals surface area contributed by atoms with E-state index in [0.717, 1.165) is 6.54 Å². The highest BCUT2D eigenvalue weighted by Gasteiger charge is 2.34. The third-order valence-electron chi connectivity index (χ3n) is 3.88. The molecule has 0 bridgehead atoms. The summed E-state index contributed by atoms with van der Waals surface area (Å²) in [6.45, 7) is 9.28. The Morgan fingerprint density at radius 3 is 2.11 bits per heavy atom. The van der Waals surface area contributed by atoms with Crippen LogP contribution in [-0.4, -0.2) is 17.6 Å². The number of carboxylic acids is 1. The van der Waals surface area contributed by atoms with Gasteiger partial charge in [0.1, 0.15) is 0 Å². The van der Waals surface area contributed by atoms with E-state index >= 15 is 0 Å². The summed E-state index contributed by atoms with van der Waals surface area (Å²) in [5.41, 5.74) is 3.06. The Bertz CT molecular complexity index is 416. The zero-order valence-corrected chi connectivity index (χ0v) is 12.4. The summed E-state index contributed by atoms with van der Waals surface area (Å²) >= 11 is 0. The Morgan fingerprint density at radius 2 is 1.68 bits per heavy atom. The quantitative estimate of drug-likeness (QED) is 0.793. The molecular formula is C16H25NO2. The molecule has 0 saturated heterocycles. The Morgan fingerprint density at radius 1 is 1.16 bits per heavy atom. The van der Waals surface area contributed by atoms with E-state index in [0.29, 0.717) is 19.4 Å². The van der Waals surface area contributed by atoms with Crippen LogP contribution in [0.25, 0.3) is 0 Å². The van der Waals surface area contributed by atoms with Gasteiger partial charge in [-0.2, -0.15) is 0 Å². The predicted molar refractivity (Wildman–Crippen MR) is 78.3 cm³/mol. The second-order valence-electron chi connectivity index (χ2n) is 5.39. The molecule has 0 aromatic heterocycles. The van der Waals surface area contributed by atoms with Crippen LogP contribution in [0, 0.1) is 19.3 Å². The zero-order chi connectivity index (χ0) is 14.5. The molecule has 0 spiro atoms. The molecule has 0 aliphatic heterocycles. The summed E-state index contributed by atoms with van der Waals surface area (Å²) in [4.78, 5) is 11.4. The van der Waals surface area contributed by atoms with Crippen molar-refractivity contribution in [2.24, 2.45) is 5.41 Å². The summed E-state index contributed by atoms with van der Waals surface area (Å²) in [5.74, 6) is -0.703. The number of carboxylic acid groups (broad SMARTS) is 1. The average molecular weight is 263 g/mol. The summed E-state index contributed by atoms with van der Waals surface area (Å²) in [6.07, 6.45) is 1.30. The van der Waals surface area contributed by atoms with Gasteiger partial charge in [-0.15, -0.1) is 0 Å². The second kappa shape index (κ2) is 6.71. The SMILES string of the molecule is CCC(CC)(CNCc1cc(C)cc(C)c1)C(=O)O. The zero-order valence-electron chi connectivity index (χ0n) is 12.4. The summed E-state index contributed by atoms with van der Waals surface area (Å²) in [7, 11) is 0. The van der Waals surface area contributed by atoms with Crippen molar-refractivity contribution < 1.29 is 9.90 Å². The largest absolute Gasteiger partial charge is 0.481 e. The molecule has 0 atom stereocenters. The van der Waals surface area contributed by atoms with Gasteiger partial charge in [0.2, 0.25) is 0 Å². The fraction of sp³-hybridized carbons (Fsp3) is 0.562. The third kappa shape index (κ3) is 4.06. The van der Waals surface area contributed by atoms with Crippen LogP contribution >= 0.6 is 0 Å². The Labute approximate surface area is 116 Å². The Balaban J connectivity index is 2.64. The Kier molecular flexibility index (Phi) is 5.55. The maximum Gasteiger partial charge on any atom is 0.310 e. The Hall–Kier alpha value is -1.35. The predicted octanol–water partition coefficient (Wildman–Crippen LogP) is 3.28. The van der Waals surface area contributed by atoms with Gasteiger partial charge in [-0.3, -0.25) is 4.79 Å². The smallest absolute Gasteiger partial charge is 0.310 e. The minimum absolute atomic E-state index is 0.516. The molecule has 3 heteroatoms. The highest BCUT2D eigenvalue weighted by atomic mass is 16.4. The molecular weight excluding hydrogens is 238 g/mol. The van der Waals surface area contributed by atoms with Crippen LogP contribution in [0.3, 0.4) is 0 Å². The number of aryl methyl sites for hydroxylation is 2. The van der Waals surface area contributed by atoms with Gasteiger partial charge < -0.3 is 10.4 Å². The van der Waals surface area contributed by atoms with E-state index in [2.05, 4.69) is 37.4 Å². The molecule has 19 heavy (non-hydrogen) atoms. The number of aliphatic carboxylic acids is 1. The first-order valence-corrected chi connectivity index (χ1v) is 6.95. The first-order valence-electron chi connectivity index (χ1n) is 6.95. The molecule has 106 valence electrons.